The van der Waals surface area contributed by atoms with Gasteiger partial charge >= 0.3 is 5.97 Å². The normalized spacial score (nSPS) is 11.3. The van der Waals surface area contributed by atoms with Crippen LogP contribution in [0.2, 0.25) is 0 Å². The van der Waals surface area contributed by atoms with E-state index in [-0.39, 0.29) is 17.1 Å². The van der Waals surface area contributed by atoms with Crippen molar-refractivity contribution in [1.29, 1.82) is 0 Å². The van der Waals surface area contributed by atoms with Crippen LogP contribution in [-0.2, 0) is 9.53 Å². The maximum Gasteiger partial charge on any atom is 0.346 e. The number of carbonyl (C=O) groups is 2. The summed E-state index contributed by atoms with van der Waals surface area (Å²) < 4.78 is 15.2. The molecule has 9 heteroatoms. The number of ether oxygens (including phenoxy) is 3. The maximum atomic E-state index is 12.5. The van der Waals surface area contributed by atoms with E-state index < -0.39 is 28.6 Å². The van der Waals surface area contributed by atoms with Gasteiger partial charge in [-0.15, -0.1) is 0 Å². The van der Waals surface area contributed by atoms with Crippen molar-refractivity contribution in [3.8, 4) is 11.5 Å². The molecule has 0 aliphatic heterocycles. The standard InChI is InChI=1S/C19H20N2O7/c1-11-6-5-7-13(8-11)20-18(22)12(2)28-19(23)14-9-16(26-3)17(27-4)10-15(14)21(24)25/h5-10,12H,1-4H3,(H,20,22)/t12-/m0/s1. The molecule has 2 rings (SSSR count). The highest BCUT2D eigenvalue weighted by molar-refractivity contribution is 5.99. The van der Waals surface area contributed by atoms with E-state index >= 15 is 0 Å². The highest BCUT2D eigenvalue weighted by Gasteiger charge is 2.28. The van der Waals surface area contributed by atoms with Crippen molar-refractivity contribution in [2.75, 3.05) is 19.5 Å². The summed E-state index contributed by atoms with van der Waals surface area (Å²) in [7, 11) is 2.65. The van der Waals surface area contributed by atoms with Crippen molar-refractivity contribution >= 4 is 23.3 Å². The van der Waals surface area contributed by atoms with Crippen molar-refractivity contribution in [2.45, 2.75) is 20.0 Å². The minimum atomic E-state index is -1.18. The number of hydrogen-bond donors (Lipinski definition) is 1. The second-order valence-electron chi connectivity index (χ2n) is 5.89. The van der Waals surface area contributed by atoms with E-state index in [0.29, 0.717) is 5.69 Å². The average molecular weight is 388 g/mol. The van der Waals surface area contributed by atoms with E-state index in [1.807, 2.05) is 13.0 Å². The molecule has 0 aliphatic carbocycles. The molecule has 1 amide bonds. The average Bonchev–Trinajstić information content (AvgIpc) is 2.66. The van der Waals surface area contributed by atoms with Gasteiger partial charge in [-0.25, -0.2) is 4.79 Å². The maximum absolute atomic E-state index is 12.5. The predicted octanol–water partition coefficient (Wildman–Crippen LogP) is 3.10. The van der Waals surface area contributed by atoms with Crippen molar-refractivity contribution < 1.29 is 28.7 Å². The van der Waals surface area contributed by atoms with E-state index in [1.165, 1.54) is 21.1 Å². The molecule has 0 fully saturated rings. The van der Waals surface area contributed by atoms with Crippen LogP contribution in [0.4, 0.5) is 11.4 Å². The molecule has 0 unspecified atom stereocenters. The molecule has 0 saturated carbocycles. The number of benzene rings is 2. The van der Waals surface area contributed by atoms with Crippen LogP contribution in [0.3, 0.4) is 0 Å². The Bertz CT molecular complexity index is 911. The minimum absolute atomic E-state index is 0.0935. The molecule has 2 aromatic rings. The molecule has 0 aliphatic rings. The van der Waals surface area contributed by atoms with Crippen molar-refractivity contribution in [3.05, 3.63) is 57.6 Å². The van der Waals surface area contributed by atoms with Gasteiger partial charge in [-0.2, -0.15) is 0 Å². The number of carbonyl (C=O) groups excluding carboxylic acids is 2. The van der Waals surface area contributed by atoms with E-state index in [1.54, 1.807) is 18.2 Å². The van der Waals surface area contributed by atoms with Crippen LogP contribution in [-0.4, -0.2) is 37.1 Å². The van der Waals surface area contributed by atoms with Crippen LogP contribution in [0.25, 0.3) is 0 Å². The number of esters is 1. The first-order valence-corrected chi connectivity index (χ1v) is 8.25. The van der Waals surface area contributed by atoms with E-state index in [4.69, 9.17) is 14.2 Å². The molecular formula is C19H20N2O7. The monoisotopic (exact) mass is 388 g/mol. The summed E-state index contributed by atoms with van der Waals surface area (Å²) in [4.78, 5) is 35.3. The summed E-state index contributed by atoms with van der Waals surface area (Å²) in [6, 6.07) is 9.30. The highest BCUT2D eigenvalue weighted by Crippen LogP contribution is 2.35. The number of rotatable bonds is 7. The number of amides is 1. The van der Waals surface area contributed by atoms with Gasteiger partial charge in [-0.05, 0) is 31.5 Å². The van der Waals surface area contributed by atoms with Gasteiger partial charge < -0.3 is 19.5 Å². The van der Waals surface area contributed by atoms with Gasteiger partial charge in [0.2, 0.25) is 0 Å². The number of nitrogens with zero attached hydrogens (tertiary/aromatic N) is 1. The first-order chi connectivity index (χ1) is 13.3. The molecule has 2 aromatic carbocycles. The summed E-state index contributed by atoms with van der Waals surface area (Å²) in [5, 5.41) is 13.9. The molecule has 0 spiro atoms. The lowest BCUT2D eigenvalue weighted by Crippen LogP contribution is -2.30. The Balaban J connectivity index is 2.21. The van der Waals surface area contributed by atoms with E-state index in [2.05, 4.69) is 5.32 Å². The number of nitro groups is 1. The minimum Gasteiger partial charge on any atom is -0.493 e. The van der Waals surface area contributed by atoms with Gasteiger partial charge in [0.1, 0.15) is 5.56 Å². The molecule has 0 radical (unpaired) electrons. The molecule has 148 valence electrons. The lowest BCUT2D eigenvalue weighted by molar-refractivity contribution is -0.385. The molecule has 1 N–H and O–H groups in total. The van der Waals surface area contributed by atoms with Crippen LogP contribution >= 0.6 is 0 Å². The van der Waals surface area contributed by atoms with Crippen molar-refractivity contribution in [1.82, 2.24) is 0 Å². The number of methoxy groups -OCH3 is 2. The SMILES string of the molecule is COc1cc(C(=O)O[C@@H](C)C(=O)Nc2cccc(C)c2)c([N+](=O)[O-])cc1OC. The Morgan fingerprint density at radius 1 is 1.11 bits per heavy atom. The topological polar surface area (TPSA) is 117 Å². The fourth-order valence-electron chi connectivity index (χ4n) is 2.43. The number of nitro benzene ring substituents is 1. The lowest BCUT2D eigenvalue weighted by atomic mass is 10.1. The number of anilines is 1. The molecular weight excluding hydrogens is 368 g/mol. The number of aryl methyl sites for hydroxylation is 1. The first-order valence-electron chi connectivity index (χ1n) is 8.25. The van der Waals surface area contributed by atoms with Crippen molar-refractivity contribution in [3.63, 3.8) is 0 Å². The quantitative estimate of drug-likeness (QED) is 0.440. The fraction of sp³-hybridized carbons (Fsp3) is 0.263. The molecule has 28 heavy (non-hydrogen) atoms. The molecule has 1 atom stereocenters. The zero-order valence-corrected chi connectivity index (χ0v) is 15.8. The fourth-order valence-corrected chi connectivity index (χ4v) is 2.43. The third-order valence-electron chi connectivity index (χ3n) is 3.86. The van der Waals surface area contributed by atoms with Crippen LogP contribution in [0.1, 0.15) is 22.8 Å². The Kier molecular flexibility index (Phi) is 6.54. The lowest BCUT2D eigenvalue weighted by Gasteiger charge is -2.15. The Morgan fingerprint density at radius 2 is 1.75 bits per heavy atom. The van der Waals surface area contributed by atoms with Crippen LogP contribution in [0, 0.1) is 17.0 Å². The number of hydrogen-bond acceptors (Lipinski definition) is 7. The summed E-state index contributed by atoms with van der Waals surface area (Å²) in [6.45, 7) is 3.24. The summed E-state index contributed by atoms with van der Waals surface area (Å²) in [5.74, 6) is -1.38. The third kappa shape index (κ3) is 4.76. The van der Waals surface area contributed by atoms with Crippen LogP contribution in [0.5, 0.6) is 11.5 Å². The van der Waals surface area contributed by atoms with Crippen LogP contribution < -0.4 is 14.8 Å². The van der Waals surface area contributed by atoms with Crippen LogP contribution in [0.15, 0.2) is 36.4 Å². The molecule has 0 heterocycles. The third-order valence-corrected chi connectivity index (χ3v) is 3.86. The second kappa shape index (κ2) is 8.85. The second-order valence-corrected chi connectivity index (χ2v) is 5.89. The zero-order chi connectivity index (χ0) is 20.8. The van der Waals surface area contributed by atoms with Gasteiger partial charge in [-0.1, -0.05) is 12.1 Å². The van der Waals surface area contributed by atoms with E-state index in [0.717, 1.165) is 17.7 Å². The predicted molar refractivity (Wildman–Crippen MR) is 101 cm³/mol. The smallest absolute Gasteiger partial charge is 0.346 e. The van der Waals surface area contributed by atoms with Crippen molar-refractivity contribution in [2.24, 2.45) is 0 Å². The first kappa shape index (κ1) is 20.7. The highest BCUT2D eigenvalue weighted by atomic mass is 16.6. The summed E-state index contributed by atoms with van der Waals surface area (Å²) in [5.41, 5.74) is 0.625. The summed E-state index contributed by atoms with van der Waals surface area (Å²) >= 11 is 0. The van der Waals surface area contributed by atoms with E-state index in [9.17, 15) is 19.7 Å². The summed E-state index contributed by atoms with van der Waals surface area (Å²) in [6.07, 6.45) is -1.18. The van der Waals surface area contributed by atoms with Gasteiger partial charge in [0.25, 0.3) is 11.6 Å². The molecule has 9 nitrogen and oxygen atoms in total. The van der Waals surface area contributed by atoms with Gasteiger partial charge in [-0.3, -0.25) is 14.9 Å². The van der Waals surface area contributed by atoms with Gasteiger partial charge in [0.15, 0.2) is 17.6 Å². The Labute approximate surface area is 161 Å². The molecule has 0 bridgehead atoms. The zero-order valence-electron chi connectivity index (χ0n) is 15.8. The van der Waals surface area contributed by atoms with Gasteiger partial charge in [0, 0.05) is 11.8 Å². The van der Waals surface area contributed by atoms with Gasteiger partial charge in [0.05, 0.1) is 25.2 Å². The largest absolute Gasteiger partial charge is 0.493 e. The molecule has 0 saturated heterocycles. The molecule has 0 aromatic heterocycles. The number of nitrogens with one attached hydrogen (secondary N) is 1. The Hall–Kier alpha value is -3.62. The Morgan fingerprint density at radius 3 is 2.32 bits per heavy atom.